The fourth-order valence-corrected chi connectivity index (χ4v) is 3.43. The maximum atomic E-state index is 10.5. The van der Waals surface area contributed by atoms with E-state index in [1.165, 1.54) is 16.9 Å². The second kappa shape index (κ2) is 4.92. The lowest BCUT2D eigenvalue weighted by molar-refractivity contribution is 0.210. The highest BCUT2D eigenvalue weighted by molar-refractivity contribution is 7.10. The number of aliphatic hydroxyl groups is 1. The molecule has 2 aromatic rings. The summed E-state index contributed by atoms with van der Waals surface area (Å²) < 4.78 is 5.72. The number of hydrogen-bond donors (Lipinski definition) is 1. The van der Waals surface area contributed by atoms with Gasteiger partial charge in [0, 0.05) is 5.56 Å². The molecule has 0 fully saturated rings. The zero-order valence-corrected chi connectivity index (χ0v) is 11.3. The Hall–Kier alpha value is -1.03. The Labute approximate surface area is 115 Å². The minimum atomic E-state index is -0.703. The molecule has 2 nitrogen and oxygen atoms in total. The normalized spacial score (nSPS) is 15.9. The van der Waals surface area contributed by atoms with Crippen molar-refractivity contribution in [3.05, 3.63) is 50.7 Å². The molecule has 1 atom stereocenters. The average Bonchev–Trinajstić information content (AvgIpc) is 2.83. The van der Waals surface area contributed by atoms with Crippen LogP contribution in [-0.2, 0) is 6.42 Å². The van der Waals surface area contributed by atoms with Crippen LogP contribution in [0.2, 0.25) is 5.02 Å². The number of aliphatic hydroxyl groups excluding tert-OH is 1. The number of halogens is 1. The van der Waals surface area contributed by atoms with Crippen LogP contribution in [-0.4, -0.2) is 11.7 Å². The molecule has 0 saturated carbocycles. The highest BCUT2D eigenvalue weighted by Gasteiger charge is 2.22. The van der Waals surface area contributed by atoms with E-state index in [9.17, 15) is 5.11 Å². The van der Waals surface area contributed by atoms with Crippen LogP contribution in [0.15, 0.2) is 29.6 Å². The standard InChI is InChI=1S/C14H13ClO2S/c15-11-6-8-18-14(11)12(16)10-5-1-3-9-4-2-7-17-13(9)10/h1,3,5-6,8,12,16H,2,4,7H2. The zero-order chi connectivity index (χ0) is 12.5. The third-order valence-electron chi connectivity index (χ3n) is 3.15. The highest BCUT2D eigenvalue weighted by atomic mass is 35.5. The number of aryl methyl sites for hydroxylation is 1. The summed E-state index contributed by atoms with van der Waals surface area (Å²) in [5.74, 6) is 0.834. The van der Waals surface area contributed by atoms with Gasteiger partial charge < -0.3 is 9.84 Å². The highest BCUT2D eigenvalue weighted by Crippen LogP contribution is 2.39. The second-order valence-corrected chi connectivity index (χ2v) is 5.68. The van der Waals surface area contributed by atoms with E-state index in [0.29, 0.717) is 5.02 Å². The first-order chi connectivity index (χ1) is 8.77. The van der Waals surface area contributed by atoms with Crippen molar-refractivity contribution in [2.45, 2.75) is 18.9 Å². The van der Waals surface area contributed by atoms with Crippen molar-refractivity contribution in [2.75, 3.05) is 6.61 Å². The maximum absolute atomic E-state index is 10.5. The molecule has 0 saturated heterocycles. The lowest BCUT2D eigenvalue weighted by Gasteiger charge is -2.22. The molecule has 4 heteroatoms. The topological polar surface area (TPSA) is 29.5 Å². The fraction of sp³-hybridized carbons (Fsp3) is 0.286. The molecule has 1 aromatic carbocycles. The van der Waals surface area contributed by atoms with E-state index in [1.54, 1.807) is 6.07 Å². The third-order valence-corrected chi connectivity index (χ3v) is 4.56. The Morgan fingerprint density at radius 2 is 2.22 bits per heavy atom. The molecule has 0 spiro atoms. The Balaban J connectivity index is 2.04. The summed E-state index contributed by atoms with van der Waals surface area (Å²) >= 11 is 7.54. The van der Waals surface area contributed by atoms with Gasteiger partial charge in [-0.25, -0.2) is 0 Å². The summed E-state index contributed by atoms with van der Waals surface area (Å²) in [6, 6.07) is 7.74. The number of rotatable bonds is 2. The number of hydrogen-bond acceptors (Lipinski definition) is 3. The lowest BCUT2D eigenvalue weighted by atomic mass is 9.98. The Morgan fingerprint density at radius 3 is 3.00 bits per heavy atom. The van der Waals surface area contributed by atoms with Crippen LogP contribution in [0.3, 0.4) is 0 Å². The van der Waals surface area contributed by atoms with Gasteiger partial charge in [0.15, 0.2) is 0 Å². The predicted molar refractivity (Wildman–Crippen MR) is 73.6 cm³/mol. The van der Waals surface area contributed by atoms with Crippen LogP contribution in [0.1, 0.15) is 28.5 Å². The molecular formula is C14H13ClO2S. The first kappa shape index (κ1) is 12.0. The van der Waals surface area contributed by atoms with Crippen LogP contribution in [0, 0.1) is 0 Å². The largest absolute Gasteiger partial charge is 0.493 e. The van der Waals surface area contributed by atoms with E-state index in [4.69, 9.17) is 16.3 Å². The second-order valence-electron chi connectivity index (χ2n) is 4.32. The maximum Gasteiger partial charge on any atom is 0.128 e. The van der Waals surface area contributed by atoms with Gasteiger partial charge in [0.2, 0.25) is 0 Å². The third kappa shape index (κ3) is 2.03. The molecule has 1 N–H and O–H groups in total. The van der Waals surface area contributed by atoms with Crippen LogP contribution < -0.4 is 4.74 Å². The van der Waals surface area contributed by atoms with Gasteiger partial charge in [0.05, 0.1) is 16.5 Å². The molecule has 2 heterocycles. The van der Waals surface area contributed by atoms with Gasteiger partial charge in [0.25, 0.3) is 0 Å². The van der Waals surface area contributed by atoms with Gasteiger partial charge in [0.1, 0.15) is 11.9 Å². The summed E-state index contributed by atoms with van der Waals surface area (Å²) in [5.41, 5.74) is 1.99. The van der Waals surface area contributed by atoms with E-state index in [2.05, 4.69) is 6.07 Å². The SMILES string of the molecule is OC(c1cccc2c1OCCC2)c1sccc1Cl. The van der Waals surface area contributed by atoms with Crippen molar-refractivity contribution in [3.63, 3.8) is 0 Å². The van der Waals surface area contributed by atoms with Crippen molar-refractivity contribution in [3.8, 4) is 5.75 Å². The number of fused-ring (bicyclic) bond motifs is 1. The van der Waals surface area contributed by atoms with Gasteiger partial charge in [-0.1, -0.05) is 29.8 Å². The van der Waals surface area contributed by atoms with E-state index in [1.807, 2.05) is 17.5 Å². The minimum absolute atomic E-state index is 0.612. The number of benzene rings is 1. The molecule has 1 aliphatic heterocycles. The van der Waals surface area contributed by atoms with Crippen molar-refractivity contribution in [1.82, 2.24) is 0 Å². The van der Waals surface area contributed by atoms with Crippen LogP contribution >= 0.6 is 22.9 Å². The van der Waals surface area contributed by atoms with Crippen molar-refractivity contribution >= 4 is 22.9 Å². The summed E-state index contributed by atoms with van der Waals surface area (Å²) in [6.45, 7) is 0.717. The molecule has 0 bridgehead atoms. The molecule has 0 amide bonds. The molecule has 1 aliphatic rings. The van der Waals surface area contributed by atoms with E-state index < -0.39 is 6.10 Å². The molecule has 1 aromatic heterocycles. The number of para-hydroxylation sites is 1. The molecule has 18 heavy (non-hydrogen) atoms. The summed E-state index contributed by atoms with van der Waals surface area (Å²) in [5, 5.41) is 13.0. The van der Waals surface area contributed by atoms with Gasteiger partial charge in [-0.05, 0) is 29.9 Å². The smallest absolute Gasteiger partial charge is 0.128 e. The van der Waals surface area contributed by atoms with E-state index in [-0.39, 0.29) is 0 Å². The van der Waals surface area contributed by atoms with E-state index in [0.717, 1.165) is 35.6 Å². The molecule has 0 aliphatic carbocycles. The molecular weight excluding hydrogens is 268 g/mol. The first-order valence-electron chi connectivity index (χ1n) is 5.93. The summed E-state index contributed by atoms with van der Waals surface area (Å²) in [7, 11) is 0. The van der Waals surface area contributed by atoms with Crippen molar-refractivity contribution in [2.24, 2.45) is 0 Å². The average molecular weight is 281 g/mol. The molecule has 3 rings (SSSR count). The minimum Gasteiger partial charge on any atom is -0.493 e. The predicted octanol–water partition coefficient (Wildman–Crippen LogP) is 3.81. The van der Waals surface area contributed by atoms with Crippen molar-refractivity contribution in [1.29, 1.82) is 0 Å². The van der Waals surface area contributed by atoms with Crippen molar-refractivity contribution < 1.29 is 9.84 Å². The zero-order valence-electron chi connectivity index (χ0n) is 9.73. The van der Waals surface area contributed by atoms with Crippen LogP contribution in [0.4, 0.5) is 0 Å². The fourth-order valence-electron chi connectivity index (χ4n) is 2.27. The summed E-state index contributed by atoms with van der Waals surface area (Å²) in [4.78, 5) is 0.777. The molecule has 94 valence electrons. The monoisotopic (exact) mass is 280 g/mol. The quantitative estimate of drug-likeness (QED) is 0.906. The van der Waals surface area contributed by atoms with Gasteiger partial charge in [-0.2, -0.15) is 0 Å². The Kier molecular flexibility index (Phi) is 3.29. The van der Waals surface area contributed by atoms with Gasteiger partial charge in [-0.15, -0.1) is 11.3 Å². The number of thiophene rings is 1. The number of ether oxygens (including phenoxy) is 1. The molecule has 1 unspecified atom stereocenters. The first-order valence-corrected chi connectivity index (χ1v) is 7.18. The Bertz CT molecular complexity index is 565. The van der Waals surface area contributed by atoms with Gasteiger partial charge in [-0.3, -0.25) is 0 Å². The Morgan fingerprint density at radius 1 is 1.33 bits per heavy atom. The van der Waals surface area contributed by atoms with Gasteiger partial charge >= 0.3 is 0 Å². The molecule has 0 radical (unpaired) electrons. The van der Waals surface area contributed by atoms with Crippen LogP contribution in [0.5, 0.6) is 5.75 Å². The lowest BCUT2D eigenvalue weighted by Crippen LogP contribution is -2.12. The summed E-state index contributed by atoms with van der Waals surface area (Å²) in [6.07, 6.45) is 1.34. The van der Waals surface area contributed by atoms with E-state index >= 15 is 0 Å². The van der Waals surface area contributed by atoms with Crippen LogP contribution in [0.25, 0.3) is 0 Å².